The summed E-state index contributed by atoms with van der Waals surface area (Å²) in [5.41, 5.74) is 4.45. The minimum Gasteiger partial charge on any atom is -0.310 e. The second-order valence-electron chi connectivity index (χ2n) is 5.56. The number of allylic oxidation sites excluding steroid dienone is 1. The lowest BCUT2D eigenvalue weighted by atomic mass is 9.98. The van der Waals surface area contributed by atoms with Gasteiger partial charge in [-0.15, -0.1) is 0 Å². The molecule has 0 bridgehead atoms. The van der Waals surface area contributed by atoms with Crippen LogP contribution in [0.15, 0.2) is 47.1 Å². The summed E-state index contributed by atoms with van der Waals surface area (Å²) in [5.74, 6) is -0.0919. The number of rotatable bonds is 5. The predicted molar refractivity (Wildman–Crippen MR) is 86.7 cm³/mol. The molecule has 0 radical (unpaired) electrons. The number of nitrogens with one attached hydrogen (secondary N) is 1. The van der Waals surface area contributed by atoms with Gasteiger partial charge in [0.15, 0.2) is 0 Å². The molecule has 0 unspecified atom stereocenters. The Balaban J connectivity index is 1.56. The Kier molecular flexibility index (Phi) is 4.41. The van der Waals surface area contributed by atoms with Crippen molar-refractivity contribution in [3.8, 4) is 0 Å². The molecule has 7 heteroatoms. The fourth-order valence-electron chi connectivity index (χ4n) is 2.36. The van der Waals surface area contributed by atoms with Gasteiger partial charge in [-0.1, -0.05) is 6.07 Å². The van der Waals surface area contributed by atoms with E-state index in [2.05, 4.69) is 25.5 Å². The first-order valence-corrected chi connectivity index (χ1v) is 7.52. The molecule has 0 fully saturated rings. The van der Waals surface area contributed by atoms with Crippen LogP contribution in [0.5, 0.6) is 0 Å². The molecule has 2 aromatic heterocycles. The van der Waals surface area contributed by atoms with Gasteiger partial charge in [0.25, 0.3) is 0 Å². The van der Waals surface area contributed by atoms with Crippen LogP contribution in [-0.2, 0) is 11.2 Å². The summed E-state index contributed by atoms with van der Waals surface area (Å²) < 4.78 is 12.7. The van der Waals surface area contributed by atoms with E-state index >= 15 is 0 Å². The number of amides is 1. The molecule has 0 aliphatic carbocycles. The summed E-state index contributed by atoms with van der Waals surface area (Å²) in [6.45, 7) is 3.84. The van der Waals surface area contributed by atoms with Crippen molar-refractivity contribution < 1.29 is 9.18 Å². The molecule has 1 aliphatic rings. The fraction of sp³-hybridized carbons (Fsp3) is 0.235. The second-order valence-corrected chi connectivity index (χ2v) is 5.56. The van der Waals surface area contributed by atoms with Gasteiger partial charge in [-0.3, -0.25) is 4.79 Å². The molecule has 1 aliphatic heterocycles. The van der Waals surface area contributed by atoms with Crippen LogP contribution in [0, 0.1) is 12.9 Å². The summed E-state index contributed by atoms with van der Waals surface area (Å²) in [4.78, 5) is 20.0. The molecule has 0 aromatic carbocycles. The first kappa shape index (κ1) is 15.9. The van der Waals surface area contributed by atoms with Crippen molar-refractivity contribution in [2.24, 2.45) is 4.99 Å². The van der Waals surface area contributed by atoms with Gasteiger partial charge in [-0.05, 0) is 37.5 Å². The lowest BCUT2D eigenvalue weighted by Crippen LogP contribution is -2.30. The molecule has 0 spiro atoms. The van der Waals surface area contributed by atoms with Crippen molar-refractivity contribution >= 4 is 11.6 Å². The SMILES string of the molecule is CC1=C(NC(=O)CCc2ccc(F)nc2)N=C1c1cnncc1C. The first-order chi connectivity index (χ1) is 11.5. The number of hydrogen-bond acceptors (Lipinski definition) is 5. The van der Waals surface area contributed by atoms with E-state index in [0.717, 1.165) is 28.0 Å². The maximum atomic E-state index is 12.7. The van der Waals surface area contributed by atoms with Crippen LogP contribution in [0.4, 0.5) is 4.39 Å². The number of pyridine rings is 1. The molecule has 122 valence electrons. The summed E-state index contributed by atoms with van der Waals surface area (Å²) in [7, 11) is 0. The van der Waals surface area contributed by atoms with E-state index in [-0.39, 0.29) is 12.3 Å². The van der Waals surface area contributed by atoms with Crippen molar-refractivity contribution in [1.29, 1.82) is 0 Å². The number of aliphatic imine (C=N–C) groups is 1. The van der Waals surface area contributed by atoms with E-state index < -0.39 is 5.95 Å². The van der Waals surface area contributed by atoms with Crippen molar-refractivity contribution in [2.45, 2.75) is 26.7 Å². The lowest BCUT2D eigenvalue weighted by molar-refractivity contribution is -0.120. The van der Waals surface area contributed by atoms with Crippen LogP contribution >= 0.6 is 0 Å². The molecule has 3 heterocycles. The van der Waals surface area contributed by atoms with Crippen molar-refractivity contribution in [2.75, 3.05) is 0 Å². The zero-order chi connectivity index (χ0) is 17.1. The molecule has 0 saturated heterocycles. The Morgan fingerprint density at radius 3 is 2.62 bits per heavy atom. The first-order valence-electron chi connectivity index (χ1n) is 7.52. The molecule has 0 saturated carbocycles. The van der Waals surface area contributed by atoms with Gasteiger partial charge in [0.1, 0.15) is 5.82 Å². The van der Waals surface area contributed by atoms with Crippen molar-refractivity contribution in [3.05, 3.63) is 64.8 Å². The average Bonchev–Trinajstić information content (AvgIpc) is 2.58. The molecule has 2 aromatic rings. The van der Waals surface area contributed by atoms with Crippen molar-refractivity contribution in [1.82, 2.24) is 20.5 Å². The van der Waals surface area contributed by atoms with Gasteiger partial charge in [0.05, 0.1) is 18.1 Å². The van der Waals surface area contributed by atoms with Crippen LogP contribution in [-0.4, -0.2) is 26.8 Å². The van der Waals surface area contributed by atoms with Crippen LogP contribution in [0.25, 0.3) is 0 Å². The highest BCUT2D eigenvalue weighted by molar-refractivity contribution is 6.17. The highest BCUT2D eigenvalue weighted by Gasteiger charge is 2.23. The minimum absolute atomic E-state index is 0.138. The number of carbonyl (C=O) groups excluding carboxylic acids is 1. The summed E-state index contributed by atoms with van der Waals surface area (Å²) in [6.07, 6.45) is 5.56. The third kappa shape index (κ3) is 3.34. The number of halogens is 1. The summed E-state index contributed by atoms with van der Waals surface area (Å²) in [6, 6.07) is 2.91. The number of carbonyl (C=O) groups is 1. The lowest BCUT2D eigenvalue weighted by Gasteiger charge is -2.21. The third-order valence-electron chi connectivity index (χ3n) is 3.81. The van der Waals surface area contributed by atoms with Crippen LogP contribution < -0.4 is 5.32 Å². The average molecular weight is 325 g/mol. The number of nitrogens with zero attached hydrogens (tertiary/aromatic N) is 4. The van der Waals surface area contributed by atoms with Gasteiger partial charge in [0.2, 0.25) is 11.9 Å². The van der Waals surface area contributed by atoms with Gasteiger partial charge >= 0.3 is 0 Å². The Labute approximate surface area is 138 Å². The topological polar surface area (TPSA) is 80.1 Å². The monoisotopic (exact) mass is 325 g/mol. The smallest absolute Gasteiger partial charge is 0.225 e. The number of aromatic nitrogens is 3. The molecular formula is C17H16FN5O. The van der Waals surface area contributed by atoms with E-state index in [1.165, 1.54) is 12.3 Å². The van der Waals surface area contributed by atoms with E-state index in [1.807, 2.05) is 13.8 Å². The van der Waals surface area contributed by atoms with E-state index in [1.54, 1.807) is 18.5 Å². The molecule has 1 N–H and O–H groups in total. The van der Waals surface area contributed by atoms with Gasteiger partial charge in [0, 0.05) is 23.8 Å². The summed E-state index contributed by atoms with van der Waals surface area (Å²) in [5, 5.41) is 10.5. The maximum Gasteiger partial charge on any atom is 0.225 e. The summed E-state index contributed by atoms with van der Waals surface area (Å²) >= 11 is 0. The largest absolute Gasteiger partial charge is 0.310 e. The van der Waals surface area contributed by atoms with E-state index in [0.29, 0.717) is 12.2 Å². The Morgan fingerprint density at radius 1 is 1.17 bits per heavy atom. The predicted octanol–water partition coefficient (Wildman–Crippen LogP) is 2.10. The minimum atomic E-state index is -0.527. The quantitative estimate of drug-likeness (QED) is 0.854. The van der Waals surface area contributed by atoms with Crippen molar-refractivity contribution in [3.63, 3.8) is 0 Å². The highest BCUT2D eigenvalue weighted by atomic mass is 19.1. The molecule has 1 amide bonds. The standard InChI is InChI=1S/C17H16FN5O/c1-10-7-20-21-9-13(10)16-11(2)17(23-16)22-15(24)6-4-12-3-5-14(18)19-8-12/h3,5,7-9H,4,6H2,1-2H3,(H,22,23,24). The second kappa shape index (κ2) is 6.66. The fourth-order valence-corrected chi connectivity index (χ4v) is 2.36. The number of aryl methyl sites for hydroxylation is 2. The third-order valence-corrected chi connectivity index (χ3v) is 3.81. The van der Waals surface area contributed by atoms with E-state index in [9.17, 15) is 9.18 Å². The zero-order valence-electron chi connectivity index (χ0n) is 13.4. The van der Waals surface area contributed by atoms with E-state index in [4.69, 9.17) is 0 Å². The molecule has 3 rings (SSSR count). The normalized spacial score (nSPS) is 13.4. The Morgan fingerprint density at radius 2 is 1.96 bits per heavy atom. The van der Waals surface area contributed by atoms with Crippen LogP contribution in [0.2, 0.25) is 0 Å². The maximum absolute atomic E-state index is 12.7. The van der Waals surface area contributed by atoms with Gasteiger partial charge in [-0.25, -0.2) is 9.98 Å². The Bertz CT molecular complexity index is 842. The van der Waals surface area contributed by atoms with Crippen LogP contribution in [0.3, 0.4) is 0 Å². The Hall–Kier alpha value is -2.96. The molecule has 6 nitrogen and oxygen atoms in total. The van der Waals surface area contributed by atoms with Gasteiger partial charge < -0.3 is 5.32 Å². The molecule has 0 atom stereocenters. The van der Waals surface area contributed by atoms with Gasteiger partial charge in [-0.2, -0.15) is 14.6 Å². The molecule has 24 heavy (non-hydrogen) atoms. The van der Waals surface area contributed by atoms with Crippen LogP contribution in [0.1, 0.15) is 30.0 Å². The number of hydrogen-bond donors (Lipinski definition) is 1. The molecular weight excluding hydrogens is 309 g/mol. The zero-order valence-corrected chi connectivity index (χ0v) is 13.4. The highest BCUT2D eigenvalue weighted by Crippen LogP contribution is 2.23.